The molecule has 0 aliphatic carbocycles. The van der Waals surface area contributed by atoms with Gasteiger partial charge in [0.1, 0.15) is 11.2 Å². The molecule has 0 spiro atoms. The average Bonchev–Trinajstić information content (AvgIpc) is 3.75. The van der Waals surface area contributed by atoms with Gasteiger partial charge in [-0.1, -0.05) is 176 Å². The van der Waals surface area contributed by atoms with Crippen molar-refractivity contribution in [1.29, 1.82) is 0 Å². The highest BCUT2D eigenvalue weighted by atomic mass is 16.3. The first kappa shape index (κ1) is 31.1. The molecule has 1 aromatic heterocycles. The van der Waals surface area contributed by atoms with E-state index in [2.05, 4.69) is 91.0 Å². The fourth-order valence-electron chi connectivity index (χ4n) is 8.37. The van der Waals surface area contributed by atoms with Gasteiger partial charge in [0, 0.05) is 33.2 Å². The molecule has 2 heteroatoms. The Balaban J connectivity index is 1.07. The van der Waals surface area contributed by atoms with E-state index in [1.807, 2.05) is 126 Å². The molecule has 0 radical (unpaired) electrons. The topological polar surface area (TPSA) is 16.4 Å². The molecule has 2 nitrogen and oxygen atoms in total. The Morgan fingerprint density at radius 2 is 0.883 bits per heavy atom. The maximum Gasteiger partial charge on any atom is 0.143 e. The van der Waals surface area contributed by atoms with Gasteiger partial charge in [-0.05, 0) is 122 Å². The summed E-state index contributed by atoms with van der Waals surface area (Å²) in [5.74, 6) is 0. The summed E-state index contributed by atoms with van der Waals surface area (Å²) in [5.41, 5.74) is 12.2. The zero-order chi connectivity index (χ0) is 43.3. The molecular weight excluding hydrogens is 727 g/mol. The minimum absolute atomic E-state index is 0.112. The molecule has 0 amide bonds. The monoisotopic (exact) mass is 769 g/mol. The first-order chi connectivity index (χ1) is 31.4. The zero-order valence-corrected chi connectivity index (χ0v) is 32.6. The van der Waals surface area contributed by atoms with Crippen LogP contribution in [0, 0.1) is 0 Å². The van der Waals surface area contributed by atoms with E-state index in [0.29, 0.717) is 16.9 Å². The van der Waals surface area contributed by atoms with Crippen molar-refractivity contribution in [3.63, 3.8) is 0 Å². The fraction of sp³-hybridized carbons (Fsp3) is 0. The van der Waals surface area contributed by atoms with Crippen LogP contribution in [0.1, 0.15) is 5.48 Å². The molecule has 0 atom stereocenters. The Bertz CT molecular complexity index is 3520. The molecule has 282 valence electrons. The van der Waals surface area contributed by atoms with E-state index in [-0.39, 0.29) is 35.4 Å². The summed E-state index contributed by atoms with van der Waals surface area (Å²) in [4.78, 5) is 1.86. The summed E-state index contributed by atoms with van der Waals surface area (Å²) >= 11 is 0. The van der Waals surface area contributed by atoms with E-state index in [9.17, 15) is 5.48 Å². The van der Waals surface area contributed by atoms with Crippen LogP contribution in [-0.2, 0) is 0 Å². The van der Waals surface area contributed by atoms with Crippen LogP contribution >= 0.6 is 0 Å². The summed E-state index contributed by atoms with van der Waals surface area (Å²) < 4.78 is 44.9. The highest BCUT2D eigenvalue weighted by Gasteiger charge is 2.18. The third-order valence-electron chi connectivity index (χ3n) is 11.3. The Labute approximate surface area is 355 Å². The number of nitrogens with zero attached hydrogens (tertiary/aromatic N) is 1. The van der Waals surface area contributed by atoms with Crippen LogP contribution in [0.25, 0.3) is 88.3 Å². The van der Waals surface area contributed by atoms with Gasteiger partial charge in [-0.15, -0.1) is 0 Å². The van der Waals surface area contributed by atoms with Crippen LogP contribution < -0.4 is 4.90 Å². The number of anilines is 3. The summed E-state index contributed by atoms with van der Waals surface area (Å²) in [6.45, 7) is 0. The van der Waals surface area contributed by atoms with Crippen LogP contribution in [0.5, 0.6) is 0 Å². The smallest absolute Gasteiger partial charge is 0.143 e. The van der Waals surface area contributed by atoms with Crippen molar-refractivity contribution in [2.75, 3.05) is 4.90 Å². The van der Waals surface area contributed by atoms with E-state index < -0.39 is 0 Å². The van der Waals surface area contributed by atoms with E-state index >= 15 is 0 Å². The second kappa shape index (κ2) is 15.1. The predicted octanol–water partition coefficient (Wildman–Crippen LogP) is 16.5. The highest BCUT2D eigenvalue weighted by molar-refractivity contribution is 6.19. The molecule has 0 aliphatic heterocycles. The van der Waals surface area contributed by atoms with Gasteiger partial charge in [0.25, 0.3) is 0 Å². The fourth-order valence-corrected chi connectivity index (χ4v) is 8.37. The second-order valence-corrected chi connectivity index (χ2v) is 15.0. The Morgan fingerprint density at radius 1 is 0.333 bits per heavy atom. The third-order valence-corrected chi connectivity index (χ3v) is 11.3. The Kier molecular flexibility index (Phi) is 7.83. The van der Waals surface area contributed by atoms with Crippen LogP contribution in [0.4, 0.5) is 17.1 Å². The van der Waals surface area contributed by atoms with Crippen molar-refractivity contribution in [2.24, 2.45) is 0 Å². The molecular formula is C58H39NO. The van der Waals surface area contributed by atoms with Crippen LogP contribution in [0.2, 0.25) is 0 Å². The average molecular weight is 770 g/mol. The van der Waals surface area contributed by atoms with Crippen molar-refractivity contribution in [3.05, 3.63) is 236 Å². The molecule has 0 N–H and O–H groups in total. The molecule has 0 saturated carbocycles. The van der Waals surface area contributed by atoms with Crippen molar-refractivity contribution in [2.45, 2.75) is 0 Å². The summed E-state index contributed by atoms with van der Waals surface area (Å²) in [5, 5.41) is 4.18. The minimum Gasteiger partial charge on any atom is -0.455 e. The summed E-state index contributed by atoms with van der Waals surface area (Å²) in [6, 6.07) is 70.7. The standard InChI is InChI=1S/C58H39NO/c1-3-13-40(14-4-1)45-18-9-20-47(37-45)42-27-32-50(33-28-42)59(51-34-29-43(30-35-51)48-21-10-19-46(38-48)41-15-5-2-6-16-41)52-23-11-22-49(39-52)53-25-12-26-56-57(53)55-36-31-44-17-7-8-24-54(44)58(55)60-56/h1-39H/i27D,28D,32D,33D. The molecule has 60 heavy (non-hydrogen) atoms. The summed E-state index contributed by atoms with van der Waals surface area (Å²) in [6.07, 6.45) is 0. The number of hydrogen-bond acceptors (Lipinski definition) is 2. The van der Waals surface area contributed by atoms with E-state index in [1.54, 1.807) is 0 Å². The zero-order valence-electron chi connectivity index (χ0n) is 36.6. The number of furan rings is 1. The third kappa shape index (κ3) is 6.51. The van der Waals surface area contributed by atoms with Crippen molar-refractivity contribution in [1.82, 2.24) is 0 Å². The van der Waals surface area contributed by atoms with Gasteiger partial charge >= 0.3 is 0 Å². The molecule has 0 unspecified atom stereocenters. The SMILES string of the molecule is [2H]c1c([2H])c(N(c2ccc(-c3cccc(-c4ccccc4)c3)cc2)c2cccc(-c3cccc4oc5c6ccccc6ccc5c34)c2)c([2H])c([2H])c1-c1cccc(-c2ccccc2)c1. The lowest BCUT2D eigenvalue weighted by molar-refractivity contribution is 0.673. The van der Waals surface area contributed by atoms with Crippen molar-refractivity contribution < 1.29 is 9.90 Å². The number of benzene rings is 10. The van der Waals surface area contributed by atoms with Crippen LogP contribution in [0.3, 0.4) is 0 Å². The highest BCUT2D eigenvalue weighted by Crippen LogP contribution is 2.43. The second-order valence-electron chi connectivity index (χ2n) is 15.0. The van der Waals surface area contributed by atoms with Gasteiger partial charge in [0.05, 0.1) is 5.48 Å². The maximum atomic E-state index is 9.67. The van der Waals surface area contributed by atoms with Gasteiger partial charge < -0.3 is 9.32 Å². The quantitative estimate of drug-likeness (QED) is 0.153. The molecule has 1 heterocycles. The van der Waals surface area contributed by atoms with Gasteiger partial charge in [-0.2, -0.15) is 0 Å². The van der Waals surface area contributed by atoms with Crippen molar-refractivity contribution >= 4 is 49.8 Å². The normalized spacial score (nSPS) is 12.3. The molecule has 0 aliphatic rings. The first-order valence-corrected chi connectivity index (χ1v) is 20.2. The molecule has 11 rings (SSSR count). The summed E-state index contributed by atoms with van der Waals surface area (Å²) in [7, 11) is 0. The van der Waals surface area contributed by atoms with Gasteiger partial charge in [0.2, 0.25) is 0 Å². The van der Waals surface area contributed by atoms with Gasteiger partial charge in [-0.25, -0.2) is 0 Å². The van der Waals surface area contributed by atoms with Crippen LogP contribution in [0.15, 0.2) is 241 Å². The van der Waals surface area contributed by atoms with Gasteiger partial charge in [-0.3, -0.25) is 0 Å². The largest absolute Gasteiger partial charge is 0.455 e. The van der Waals surface area contributed by atoms with Gasteiger partial charge in [0.15, 0.2) is 0 Å². The lowest BCUT2D eigenvalue weighted by Crippen LogP contribution is -2.10. The Hall–Kier alpha value is -7.94. The van der Waals surface area contributed by atoms with E-state index in [4.69, 9.17) is 4.42 Å². The molecule has 11 aromatic rings. The molecule has 0 bridgehead atoms. The first-order valence-electron chi connectivity index (χ1n) is 22.2. The van der Waals surface area contributed by atoms with Crippen LogP contribution in [-0.4, -0.2) is 0 Å². The molecule has 0 fully saturated rings. The molecule has 0 saturated heterocycles. The number of hydrogen-bond donors (Lipinski definition) is 0. The lowest BCUT2D eigenvalue weighted by atomic mass is 9.97. The van der Waals surface area contributed by atoms with E-state index in [0.717, 1.165) is 77.2 Å². The lowest BCUT2D eigenvalue weighted by Gasteiger charge is -2.26. The minimum atomic E-state index is -0.138. The maximum absolute atomic E-state index is 9.67. The Morgan fingerprint density at radius 3 is 1.57 bits per heavy atom. The van der Waals surface area contributed by atoms with Crippen molar-refractivity contribution in [3.8, 4) is 55.6 Å². The van der Waals surface area contributed by atoms with E-state index in [1.165, 1.54) is 0 Å². The number of fused-ring (bicyclic) bond motifs is 5. The predicted molar refractivity (Wildman–Crippen MR) is 253 cm³/mol. The number of rotatable bonds is 8. The molecule has 10 aromatic carbocycles.